The summed E-state index contributed by atoms with van der Waals surface area (Å²) in [5.74, 6) is -2.51. The number of aryl methyl sites for hydroxylation is 2. The molecule has 1 atom stereocenters. The van der Waals surface area contributed by atoms with E-state index < -0.39 is 26.2 Å². The summed E-state index contributed by atoms with van der Waals surface area (Å²) < 4.78 is 6.41. The Labute approximate surface area is 189 Å². The molecule has 0 aliphatic rings. The molecule has 1 aromatic carbocycles. The molecule has 5 nitrogen and oxygen atoms in total. The molecule has 1 aromatic rings. The molecule has 0 radical (unpaired) electrons. The van der Waals surface area contributed by atoms with Gasteiger partial charge in [0.05, 0.1) is 5.92 Å². The molecule has 176 valence electrons. The molecule has 2 N–H and O–H groups in total. The first-order valence-electron chi connectivity index (χ1n) is 11.2. The van der Waals surface area contributed by atoms with Crippen molar-refractivity contribution in [2.24, 2.45) is 0 Å². The number of carbonyl (C=O) groups is 2. The molecule has 0 bridgehead atoms. The Bertz CT molecular complexity index is 790. The van der Waals surface area contributed by atoms with Gasteiger partial charge in [0, 0.05) is 13.0 Å². The lowest BCUT2D eigenvalue weighted by Gasteiger charge is -2.38. The smallest absolute Gasteiger partial charge is 0.310 e. The van der Waals surface area contributed by atoms with Crippen LogP contribution in [0.1, 0.15) is 88.5 Å². The maximum atomic E-state index is 12.2. The summed E-state index contributed by atoms with van der Waals surface area (Å²) in [6, 6.07) is 4.07. The highest BCUT2D eigenvalue weighted by atomic mass is 28.4. The molecule has 0 aliphatic carbocycles. The lowest BCUT2D eigenvalue weighted by Crippen LogP contribution is -2.41. The van der Waals surface area contributed by atoms with E-state index >= 15 is 0 Å². The van der Waals surface area contributed by atoms with Crippen LogP contribution in [0.5, 0.6) is 0 Å². The average molecular weight is 451 g/mol. The Morgan fingerprint density at radius 2 is 1.65 bits per heavy atom. The van der Waals surface area contributed by atoms with Crippen molar-refractivity contribution in [1.82, 2.24) is 0 Å². The van der Waals surface area contributed by atoms with Crippen LogP contribution in [-0.2, 0) is 19.4 Å². The van der Waals surface area contributed by atoms with Gasteiger partial charge in [0.15, 0.2) is 8.32 Å². The van der Waals surface area contributed by atoms with Crippen molar-refractivity contribution in [2.45, 2.75) is 104 Å². The predicted molar refractivity (Wildman–Crippen MR) is 129 cm³/mol. The van der Waals surface area contributed by atoms with E-state index in [1.54, 1.807) is 0 Å². The molecule has 1 rings (SSSR count). The maximum absolute atomic E-state index is 12.2. The first-order chi connectivity index (χ1) is 14.0. The van der Waals surface area contributed by atoms with Gasteiger partial charge in [-0.15, -0.1) is 0 Å². The van der Waals surface area contributed by atoms with E-state index in [2.05, 4.69) is 53.8 Å². The summed E-state index contributed by atoms with van der Waals surface area (Å²) in [4.78, 5) is 23.1. The zero-order valence-electron chi connectivity index (χ0n) is 20.9. The second kappa shape index (κ2) is 10.3. The van der Waals surface area contributed by atoms with Gasteiger partial charge in [-0.25, -0.2) is 0 Å². The Morgan fingerprint density at radius 1 is 1.06 bits per heavy atom. The van der Waals surface area contributed by atoms with Crippen molar-refractivity contribution >= 4 is 20.3 Å². The van der Waals surface area contributed by atoms with Gasteiger partial charge in [-0.3, -0.25) is 9.59 Å². The molecule has 0 aromatic heterocycles. The molecule has 0 aliphatic heterocycles. The standard InChI is InChI=1S/C25H42O5Si/c1-17-15-18(2)22(20(16-17)19(23(28)29)11-10-12-21(26)27)25(6,7)13-14-30-31(8,9)24(3,4)5/h15-16,19H,10-14H2,1-9H3,(H,26,27)(H,28,29). The largest absolute Gasteiger partial charge is 0.481 e. The van der Waals surface area contributed by atoms with Crippen LogP contribution >= 0.6 is 0 Å². The molecule has 6 heteroatoms. The summed E-state index contributed by atoms with van der Waals surface area (Å²) in [6.07, 6.45) is 1.42. The van der Waals surface area contributed by atoms with Crippen molar-refractivity contribution in [3.63, 3.8) is 0 Å². The van der Waals surface area contributed by atoms with Gasteiger partial charge in [0.1, 0.15) is 0 Å². The van der Waals surface area contributed by atoms with Crippen molar-refractivity contribution < 1.29 is 24.2 Å². The number of carboxylic acids is 2. The van der Waals surface area contributed by atoms with Crippen LogP contribution in [0.25, 0.3) is 0 Å². The minimum atomic E-state index is -1.86. The lowest BCUT2D eigenvalue weighted by atomic mass is 9.73. The van der Waals surface area contributed by atoms with Crippen LogP contribution in [-0.4, -0.2) is 37.1 Å². The number of hydrogen-bond acceptors (Lipinski definition) is 3. The van der Waals surface area contributed by atoms with E-state index in [1.165, 1.54) is 0 Å². The van der Waals surface area contributed by atoms with Crippen LogP contribution in [0.4, 0.5) is 0 Å². The summed E-state index contributed by atoms with van der Waals surface area (Å²) in [5, 5.41) is 19.1. The molecule has 0 heterocycles. The third-order valence-corrected chi connectivity index (χ3v) is 11.3. The zero-order valence-corrected chi connectivity index (χ0v) is 21.9. The minimum absolute atomic E-state index is 0.0202. The molecule has 0 spiro atoms. The van der Waals surface area contributed by atoms with Gasteiger partial charge in [-0.2, -0.15) is 0 Å². The third kappa shape index (κ3) is 7.46. The fourth-order valence-electron chi connectivity index (χ4n) is 3.97. The van der Waals surface area contributed by atoms with E-state index in [4.69, 9.17) is 9.53 Å². The van der Waals surface area contributed by atoms with E-state index in [9.17, 15) is 14.7 Å². The molecule has 0 fully saturated rings. The molecular weight excluding hydrogens is 408 g/mol. The second-order valence-corrected chi connectivity index (χ2v) is 15.8. The van der Waals surface area contributed by atoms with Gasteiger partial charge >= 0.3 is 11.9 Å². The highest BCUT2D eigenvalue weighted by molar-refractivity contribution is 6.74. The number of aliphatic carboxylic acids is 2. The Morgan fingerprint density at radius 3 is 2.13 bits per heavy atom. The van der Waals surface area contributed by atoms with E-state index in [1.807, 2.05) is 19.9 Å². The quantitative estimate of drug-likeness (QED) is 0.380. The molecule has 31 heavy (non-hydrogen) atoms. The summed E-state index contributed by atoms with van der Waals surface area (Å²) in [7, 11) is -1.86. The fourth-order valence-corrected chi connectivity index (χ4v) is 5.02. The summed E-state index contributed by atoms with van der Waals surface area (Å²) >= 11 is 0. The van der Waals surface area contributed by atoms with Gasteiger partial charge in [-0.05, 0) is 73.3 Å². The van der Waals surface area contributed by atoms with Gasteiger partial charge in [0.25, 0.3) is 0 Å². The summed E-state index contributed by atoms with van der Waals surface area (Å²) in [6.45, 7) is 20.1. The van der Waals surface area contributed by atoms with E-state index in [-0.39, 0.29) is 16.9 Å². The molecule has 1 unspecified atom stereocenters. The van der Waals surface area contributed by atoms with Crippen molar-refractivity contribution in [3.8, 4) is 0 Å². The van der Waals surface area contributed by atoms with Crippen LogP contribution in [0, 0.1) is 13.8 Å². The lowest BCUT2D eigenvalue weighted by molar-refractivity contribution is -0.140. The molecule has 0 amide bonds. The van der Waals surface area contributed by atoms with Crippen LogP contribution < -0.4 is 0 Å². The predicted octanol–water partition coefficient (Wildman–Crippen LogP) is 6.42. The second-order valence-electron chi connectivity index (χ2n) is 11.0. The number of rotatable bonds is 11. The third-order valence-electron chi connectivity index (χ3n) is 6.74. The average Bonchev–Trinajstić information content (AvgIpc) is 2.55. The van der Waals surface area contributed by atoms with Gasteiger partial charge in [-0.1, -0.05) is 52.3 Å². The number of hydrogen-bond donors (Lipinski definition) is 2. The molecular formula is C25H42O5Si. The van der Waals surface area contributed by atoms with Crippen molar-refractivity contribution in [2.75, 3.05) is 6.61 Å². The highest BCUT2D eigenvalue weighted by Gasteiger charge is 2.38. The molecule has 0 saturated carbocycles. The van der Waals surface area contributed by atoms with Crippen LogP contribution in [0.2, 0.25) is 18.1 Å². The first-order valence-corrected chi connectivity index (χ1v) is 14.1. The first kappa shape index (κ1) is 27.4. The monoisotopic (exact) mass is 450 g/mol. The zero-order chi connectivity index (χ0) is 24.2. The topological polar surface area (TPSA) is 83.8 Å². The number of carboxylic acid groups (broad SMARTS) is 2. The van der Waals surface area contributed by atoms with E-state index in [0.717, 1.165) is 28.7 Å². The Balaban J connectivity index is 3.25. The van der Waals surface area contributed by atoms with Gasteiger partial charge < -0.3 is 14.6 Å². The van der Waals surface area contributed by atoms with Gasteiger partial charge in [0.2, 0.25) is 0 Å². The van der Waals surface area contributed by atoms with Crippen LogP contribution in [0.15, 0.2) is 12.1 Å². The highest BCUT2D eigenvalue weighted by Crippen LogP contribution is 2.40. The number of benzene rings is 1. The normalized spacial score (nSPS) is 13.8. The van der Waals surface area contributed by atoms with Crippen molar-refractivity contribution in [1.29, 1.82) is 0 Å². The minimum Gasteiger partial charge on any atom is -0.481 e. The van der Waals surface area contributed by atoms with Crippen molar-refractivity contribution in [3.05, 3.63) is 34.4 Å². The molecule has 0 saturated heterocycles. The SMILES string of the molecule is Cc1cc(C)c(C(C)(C)CCO[Si](C)(C)C(C)(C)C)c(C(CCCC(=O)O)C(=O)O)c1. The Kier molecular flexibility index (Phi) is 9.10. The fraction of sp³-hybridized carbons (Fsp3) is 0.680. The van der Waals surface area contributed by atoms with E-state index in [0.29, 0.717) is 19.4 Å². The Hall–Kier alpha value is -1.66. The maximum Gasteiger partial charge on any atom is 0.310 e. The van der Waals surface area contributed by atoms with Crippen LogP contribution in [0.3, 0.4) is 0 Å². The summed E-state index contributed by atoms with van der Waals surface area (Å²) in [5.41, 5.74) is 3.70.